The fraction of sp³-hybridized carbons (Fsp3) is 0.667. The molecular weight excluding hydrogens is 140 g/mol. The lowest BCUT2D eigenvalue weighted by Crippen LogP contribution is -1.93. The van der Waals surface area contributed by atoms with Crippen LogP contribution in [0.15, 0.2) is 11.3 Å². The van der Waals surface area contributed by atoms with Crippen LogP contribution in [0, 0.1) is 5.92 Å². The fourth-order valence-electron chi connectivity index (χ4n) is 1.29. The lowest BCUT2D eigenvalue weighted by Gasteiger charge is -2.03. The number of ether oxygens (including phenoxy) is 1. The molecule has 0 aliphatic carbocycles. The highest BCUT2D eigenvalue weighted by Gasteiger charge is 2.20. The number of allylic oxidation sites excluding steroid dienone is 1. The maximum Gasteiger partial charge on any atom is 0.315 e. The number of hydrogen-bond acceptors (Lipinski definition) is 2. The van der Waals surface area contributed by atoms with Gasteiger partial charge in [-0.05, 0) is 24.8 Å². The van der Waals surface area contributed by atoms with E-state index in [1.807, 2.05) is 6.92 Å². The Morgan fingerprint density at radius 2 is 2.18 bits per heavy atom. The minimum atomic E-state index is -0.0989. The van der Waals surface area contributed by atoms with Gasteiger partial charge in [0, 0.05) is 0 Å². The zero-order valence-corrected chi connectivity index (χ0v) is 7.31. The van der Waals surface area contributed by atoms with Gasteiger partial charge in [0.05, 0.1) is 6.42 Å². The highest BCUT2D eigenvalue weighted by atomic mass is 16.5. The Hall–Kier alpha value is -0.790. The van der Waals surface area contributed by atoms with Crippen LogP contribution in [0.1, 0.15) is 33.6 Å². The van der Waals surface area contributed by atoms with Crippen molar-refractivity contribution in [1.29, 1.82) is 0 Å². The molecule has 0 bridgehead atoms. The number of carbonyl (C=O) groups excluding carboxylic acids is 1. The van der Waals surface area contributed by atoms with Crippen LogP contribution < -0.4 is 0 Å². The molecule has 2 nitrogen and oxygen atoms in total. The standard InChI is InChI=1S/C9H14O2/c1-6(2)4-8-5-9(10)11-7(8)3/h6H,4-5H2,1-3H3. The van der Waals surface area contributed by atoms with Crippen LogP contribution in [0.2, 0.25) is 0 Å². The van der Waals surface area contributed by atoms with Crippen LogP contribution in [0.4, 0.5) is 0 Å². The van der Waals surface area contributed by atoms with E-state index in [0.29, 0.717) is 12.3 Å². The molecule has 1 rings (SSSR count). The van der Waals surface area contributed by atoms with E-state index in [1.54, 1.807) is 0 Å². The van der Waals surface area contributed by atoms with Gasteiger partial charge in [0.1, 0.15) is 5.76 Å². The van der Waals surface area contributed by atoms with Crippen LogP contribution in [0.5, 0.6) is 0 Å². The summed E-state index contributed by atoms with van der Waals surface area (Å²) in [5.74, 6) is 1.33. The zero-order valence-electron chi connectivity index (χ0n) is 7.31. The first-order valence-corrected chi connectivity index (χ1v) is 3.99. The van der Waals surface area contributed by atoms with E-state index >= 15 is 0 Å². The van der Waals surface area contributed by atoms with Crippen molar-refractivity contribution in [2.75, 3.05) is 0 Å². The zero-order chi connectivity index (χ0) is 8.43. The van der Waals surface area contributed by atoms with Crippen molar-refractivity contribution >= 4 is 5.97 Å². The predicted octanol–water partition coefficient (Wildman–Crippen LogP) is 2.25. The van der Waals surface area contributed by atoms with Gasteiger partial charge >= 0.3 is 5.97 Å². The minimum absolute atomic E-state index is 0.0989. The molecule has 0 saturated carbocycles. The summed E-state index contributed by atoms with van der Waals surface area (Å²) in [4.78, 5) is 10.8. The molecule has 0 N–H and O–H groups in total. The summed E-state index contributed by atoms with van der Waals surface area (Å²) < 4.78 is 4.92. The predicted molar refractivity (Wildman–Crippen MR) is 42.9 cm³/mol. The normalized spacial score (nSPS) is 18.0. The molecule has 1 heterocycles. The van der Waals surface area contributed by atoms with Crippen molar-refractivity contribution in [3.05, 3.63) is 11.3 Å². The van der Waals surface area contributed by atoms with Crippen molar-refractivity contribution in [2.24, 2.45) is 5.92 Å². The van der Waals surface area contributed by atoms with Gasteiger partial charge in [-0.3, -0.25) is 4.79 Å². The maximum absolute atomic E-state index is 10.8. The number of cyclic esters (lactones) is 1. The van der Waals surface area contributed by atoms with Crippen LogP contribution in [0.3, 0.4) is 0 Å². The summed E-state index contributed by atoms with van der Waals surface area (Å²) in [7, 11) is 0. The third-order valence-electron chi connectivity index (χ3n) is 1.78. The molecule has 2 heteroatoms. The highest BCUT2D eigenvalue weighted by Crippen LogP contribution is 2.25. The topological polar surface area (TPSA) is 26.3 Å². The van der Waals surface area contributed by atoms with Gasteiger partial charge in [-0.2, -0.15) is 0 Å². The summed E-state index contributed by atoms with van der Waals surface area (Å²) in [6.07, 6.45) is 1.49. The SMILES string of the molecule is CC1=C(CC(C)C)CC(=O)O1. The van der Waals surface area contributed by atoms with Gasteiger partial charge in [0.2, 0.25) is 0 Å². The van der Waals surface area contributed by atoms with Crippen molar-refractivity contribution in [2.45, 2.75) is 33.6 Å². The van der Waals surface area contributed by atoms with Gasteiger partial charge in [-0.1, -0.05) is 13.8 Å². The molecule has 0 amide bonds. The lowest BCUT2D eigenvalue weighted by atomic mass is 10.0. The van der Waals surface area contributed by atoms with Gasteiger partial charge < -0.3 is 4.74 Å². The molecular formula is C9H14O2. The van der Waals surface area contributed by atoms with E-state index in [1.165, 1.54) is 5.57 Å². The quantitative estimate of drug-likeness (QED) is 0.570. The van der Waals surface area contributed by atoms with E-state index in [9.17, 15) is 4.79 Å². The molecule has 0 fully saturated rings. The maximum atomic E-state index is 10.8. The van der Waals surface area contributed by atoms with Crippen molar-refractivity contribution in [3.63, 3.8) is 0 Å². The second-order valence-corrected chi connectivity index (χ2v) is 3.41. The number of esters is 1. The van der Waals surface area contributed by atoms with Crippen LogP contribution in [-0.4, -0.2) is 5.97 Å². The molecule has 0 aromatic carbocycles. The molecule has 0 spiro atoms. The molecule has 1 aliphatic rings. The Balaban J connectivity index is 2.57. The Morgan fingerprint density at radius 3 is 2.55 bits per heavy atom. The van der Waals surface area contributed by atoms with Gasteiger partial charge in [0.25, 0.3) is 0 Å². The first-order chi connectivity index (χ1) is 5.09. The monoisotopic (exact) mass is 154 g/mol. The Bertz CT molecular complexity index is 202. The molecule has 0 radical (unpaired) electrons. The largest absolute Gasteiger partial charge is 0.431 e. The first-order valence-electron chi connectivity index (χ1n) is 3.99. The smallest absolute Gasteiger partial charge is 0.315 e. The molecule has 0 unspecified atom stereocenters. The van der Waals surface area contributed by atoms with E-state index < -0.39 is 0 Å². The molecule has 11 heavy (non-hydrogen) atoms. The highest BCUT2D eigenvalue weighted by molar-refractivity contribution is 5.76. The van der Waals surface area contributed by atoms with Crippen molar-refractivity contribution in [3.8, 4) is 0 Å². The molecule has 62 valence electrons. The van der Waals surface area contributed by atoms with Crippen molar-refractivity contribution in [1.82, 2.24) is 0 Å². The average molecular weight is 154 g/mol. The molecule has 0 aromatic rings. The molecule has 0 aromatic heterocycles. The summed E-state index contributed by atoms with van der Waals surface area (Å²) in [6.45, 7) is 6.15. The number of hydrogen-bond donors (Lipinski definition) is 0. The third kappa shape index (κ3) is 2.07. The number of rotatable bonds is 2. The van der Waals surface area contributed by atoms with Gasteiger partial charge in [-0.25, -0.2) is 0 Å². The Kier molecular flexibility index (Phi) is 2.32. The summed E-state index contributed by atoms with van der Waals surface area (Å²) in [5, 5.41) is 0. The molecule has 0 atom stereocenters. The van der Waals surface area contributed by atoms with E-state index in [2.05, 4.69) is 13.8 Å². The summed E-state index contributed by atoms with van der Waals surface area (Å²) in [5.41, 5.74) is 1.17. The van der Waals surface area contributed by atoms with Crippen LogP contribution in [0.25, 0.3) is 0 Å². The number of carbonyl (C=O) groups is 1. The Morgan fingerprint density at radius 1 is 1.55 bits per heavy atom. The Labute approximate surface area is 67.2 Å². The van der Waals surface area contributed by atoms with Crippen molar-refractivity contribution < 1.29 is 9.53 Å². The second kappa shape index (κ2) is 3.07. The van der Waals surface area contributed by atoms with Gasteiger partial charge in [0.15, 0.2) is 0 Å². The molecule has 0 saturated heterocycles. The second-order valence-electron chi connectivity index (χ2n) is 3.41. The molecule has 1 aliphatic heterocycles. The first kappa shape index (κ1) is 8.31. The van der Waals surface area contributed by atoms with E-state index in [-0.39, 0.29) is 5.97 Å². The lowest BCUT2D eigenvalue weighted by molar-refractivity contribution is -0.136. The summed E-state index contributed by atoms with van der Waals surface area (Å²) >= 11 is 0. The van der Waals surface area contributed by atoms with Gasteiger partial charge in [-0.15, -0.1) is 0 Å². The van der Waals surface area contributed by atoms with E-state index in [4.69, 9.17) is 4.74 Å². The fourth-order valence-corrected chi connectivity index (χ4v) is 1.29. The van der Waals surface area contributed by atoms with Crippen LogP contribution >= 0.6 is 0 Å². The minimum Gasteiger partial charge on any atom is -0.431 e. The average Bonchev–Trinajstić information content (AvgIpc) is 2.09. The third-order valence-corrected chi connectivity index (χ3v) is 1.78. The van der Waals surface area contributed by atoms with Crippen LogP contribution in [-0.2, 0) is 9.53 Å². The summed E-state index contributed by atoms with van der Waals surface area (Å²) in [6, 6.07) is 0. The van der Waals surface area contributed by atoms with E-state index in [0.717, 1.165) is 12.2 Å².